The lowest BCUT2D eigenvalue weighted by Gasteiger charge is -2.25. The van der Waals surface area contributed by atoms with Crippen molar-refractivity contribution >= 4 is 0 Å². The van der Waals surface area contributed by atoms with Gasteiger partial charge in [0, 0.05) is 6.04 Å². The molecule has 2 aromatic carbocycles. The van der Waals surface area contributed by atoms with Gasteiger partial charge < -0.3 is 15.6 Å². The Labute approximate surface area is 144 Å². The van der Waals surface area contributed by atoms with Crippen molar-refractivity contribution in [3.05, 3.63) is 65.7 Å². The molecular formula is C20H28N2O2. The summed E-state index contributed by atoms with van der Waals surface area (Å²) in [6, 6.07) is 17.4. The van der Waals surface area contributed by atoms with Crippen molar-refractivity contribution in [2.45, 2.75) is 25.5 Å². The average molecular weight is 328 g/mol. The lowest BCUT2D eigenvalue weighted by atomic mass is 9.88. The molecule has 24 heavy (non-hydrogen) atoms. The summed E-state index contributed by atoms with van der Waals surface area (Å²) >= 11 is 0. The Kier molecular flexibility index (Phi) is 6.79. The fourth-order valence-electron chi connectivity index (χ4n) is 2.62. The van der Waals surface area contributed by atoms with Crippen LogP contribution >= 0.6 is 0 Å². The predicted molar refractivity (Wildman–Crippen MR) is 97.9 cm³/mol. The normalized spacial score (nSPS) is 15.1. The minimum absolute atomic E-state index is 0.161. The van der Waals surface area contributed by atoms with E-state index in [0.717, 1.165) is 17.7 Å². The highest BCUT2D eigenvalue weighted by Crippen LogP contribution is 2.23. The van der Waals surface area contributed by atoms with Gasteiger partial charge in [-0.1, -0.05) is 49.4 Å². The number of aliphatic hydroxyl groups excluding tert-OH is 1. The zero-order valence-electron chi connectivity index (χ0n) is 14.7. The highest BCUT2D eigenvalue weighted by Gasteiger charge is 2.22. The number of nitrogens with two attached hydrogens (primary N) is 1. The van der Waals surface area contributed by atoms with E-state index < -0.39 is 6.10 Å². The third-order valence-corrected chi connectivity index (χ3v) is 4.13. The maximum atomic E-state index is 10.5. The number of rotatable bonds is 8. The van der Waals surface area contributed by atoms with E-state index in [9.17, 15) is 5.11 Å². The van der Waals surface area contributed by atoms with Crippen LogP contribution < -0.4 is 10.5 Å². The first-order valence-electron chi connectivity index (χ1n) is 8.32. The first-order chi connectivity index (χ1) is 11.5. The van der Waals surface area contributed by atoms with Gasteiger partial charge in [0.15, 0.2) is 0 Å². The smallest absolute Gasteiger partial charge is 0.141 e. The van der Waals surface area contributed by atoms with Crippen molar-refractivity contribution in [3.8, 4) is 5.75 Å². The lowest BCUT2D eigenvalue weighted by Crippen LogP contribution is -2.36. The molecule has 0 spiro atoms. The second-order valence-corrected chi connectivity index (χ2v) is 6.61. The van der Waals surface area contributed by atoms with Gasteiger partial charge >= 0.3 is 0 Å². The van der Waals surface area contributed by atoms with Crippen LogP contribution in [-0.2, 0) is 6.42 Å². The van der Waals surface area contributed by atoms with Crippen LogP contribution in [0.4, 0.5) is 0 Å². The summed E-state index contributed by atoms with van der Waals surface area (Å²) < 4.78 is 5.63. The topological polar surface area (TPSA) is 58.7 Å². The van der Waals surface area contributed by atoms with Crippen LogP contribution in [0.2, 0.25) is 0 Å². The van der Waals surface area contributed by atoms with Gasteiger partial charge in [0.05, 0.1) is 6.10 Å². The zero-order chi connectivity index (χ0) is 17.5. The molecule has 0 saturated heterocycles. The average Bonchev–Trinajstić information content (AvgIpc) is 2.60. The number of aliphatic hydroxyl groups is 1. The molecular weight excluding hydrogens is 300 g/mol. The number of hydrogen-bond acceptors (Lipinski definition) is 4. The van der Waals surface area contributed by atoms with Crippen LogP contribution in [0.3, 0.4) is 0 Å². The van der Waals surface area contributed by atoms with Crippen molar-refractivity contribution in [3.63, 3.8) is 0 Å². The van der Waals surface area contributed by atoms with Crippen LogP contribution in [-0.4, -0.2) is 36.9 Å². The summed E-state index contributed by atoms with van der Waals surface area (Å²) in [5, 5.41) is 10.5. The van der Waals surface area contributed by atoms with Gasteiger partial charge in [0.2, 0.25) is 0 Å². The molecule has 0 aromatic heterocycles. The van der Waals surface area contributed by atoms with E-state index in [1.54, 1.807) is 0 Å². The van der Waals surface area contributed by atoms with E-state index in [4.69, 9.17) is 10.5 Å². The third kappa shape index (κ3) is 5.34. The van der Waals surface area contributed by atoms with Crippen LogP contribution in [0.15, 0.2) is 54.6 Å². The molecule has 0 radical (unpaired) electrons. The Morgan fingerprint density at radius 3 is 2.25 bits per heavy atom. The molecule has 0 aliphatic rings. The van der Waals surface area contributed by atoms with Crippen LogP contribution in [0.1, 0.15) is 24.2 Å². The number of nitrogens with zero attached hydrogens (tertiary/aromatic N) is 1. The zero-order valence-corrected chi connectivity index (χ0v) is 14.7. The van der Waals surface area contributed by atoms with Crippen molar-refractivity contribution in [1.29, 1.82) is 0 Å². The Balaban J connectivity index is 1.92. The predicted octanol–water partition coefficient (Wildman–Crippen LogP) is 2.82. The van der Waals surface area contributed by atoms with E-state index in [-0.39, 0.29) is 12.0 Å². The first-order valence-corrected chi connectivity index (χ1v) is 8.32. The number of benzene rings is 2. The van der Waals surface area contributed by atoms with Crippen LogP contribution in [0.25, 0.3) is 0 Å². The van der Waals surface area contributed by atoms with E-state index >= 15 is 0 Å². The molecule has 0 fully saturated rings. The lowest BCUT2D eigenvalue weighted by molar-refractivity contribution is 0.121. The van der Waals surface area contributed by atoms with E-state index in [1.165, 1.54) is 5.56 Å². The Morgan fingerprint density at radius 2 is 1.67 bits per heavy atom. The fourth-order valence-corrected chi connectivity index (χ4v) is 2.62. The van der Waals surface area contributed by atoms with Gasteiger partial charge in [-0.2, -0.15) is 0 Å². The Hall–Kier alpha value is -1.88. The van der Waals surface area contributed by atoms with Gasteiger partial charge in [-0.05, 0) is 49.7 Å². The number of ether oxygens (including phenoxy) is 1. The summed E-state index contributed by atoms with van der Waals surface area (Å²) in [4.78, 5) is 1.97. The Bertz CT molecular complexity index is 599. The van der Waals surface area contributed by atoms with Crippen molar-refractivity contribution in [2.24, 2.45) is 11.7 Å². The molecule has 3 atom stereocenters. The molecule has 0 heterocycles. The maximum Gasteiger partial charge on any atom is 0.141 e. The van der Waals surface area contributed by atoms with Crippen LogP contribution in [0.5, 0.6) is 5.75 Å². The minimum atomic E-state index is -0.649. The summed E-state index contributed by atoms with van der Waals surface area (Å²) in [5.74, 6) is 1.02. The second-order valence-electron chi connectivity index (χ2n) is 6.61. The molecule has 0 bridgehead atoms. The molecule has 130 valence electrons. The monoisotopic (exact) mass is 328 g/mol. The molecule has 0 amide bonds. The summed E-state index contributed by atoms with van der Waals surface area (Å²) in [6.45, 7) is 2.64. The van der Waals surface area contributed by atoms with Crippen LogP contribution in [0, 0.1) is 5.92 Å². The van der Waals surface area contributed by atoms with Gasteiger partial charge in [0.1, 0.15) is 12.5 Å². The molecule has 1 unspecified atom stereocenters. The molecule has 4 nitrogen and oxygen atoms in total. The van der Waals surface area contributed by atoms with Gasteiger partial charge in [0.25, 0.3) is 0 Å². The molecule has 2 aromatic rings. The van der Waals surface area contributed by atoms with E-state index in [0.29, 0.717) is 6.73 Å². The van der Waals surface area contributed by atoms with Crippen molar-refractivity contribution in [1.82, 2.24) is 4.90 Å². The highest BCUT2D eigenvalue weighted by atomic mass is 16.5. The summed E-state index contributed by atoms with van der Waals surface area (Å²) in [7, 11) is 3.94. The van der Waals surface area contributed by atoms with Gasteiger partial charge in [-0.25, -0.2) is 0 Å². The van der Waals surface area contributed by atoms with Gasteiger partial charge in [-0.15, -0.1) is 0 Å². The molecule has 3 N–H and O–H groups in total. The summed E-state index contributed by atoms with van der Waals surface area (Å²) in [5.41, 5.74) is 8.33. The molecule has 2 rings (SSSR count). The van der Waals surface area contributed by atoms with Gasteiger partial charge in [-0.3, -0.25) is 4.90 Å². The van der Waals surface area contributed by atoms with E-state index in [2.05, 4.69) is 19.1 Å². The second kappa shape index (κ2) is 8.83. The standard InChI is InChI=1S/C20H28N2O2/c1-15(19(21)20(23)17-7-5-4-6-8-17)13-16-9-11-18(12-10-16)24-14-22(2)3/h4-12,15,19-20,23H,13-14,21H2,1-3H3/t15?,19-,20-/m1/s1. The molecule has 0 aliphatic carbocycles. The first kappa shape index (κ1) is 18.5. The molecule has 0 aliphatic heterocycles. The molecule has 0 saturated carbocycles. The molecule has 4 heteroatoms. The SMILES string of the molecule is CC(Cc1ccc(OCN(C)C)cc1)[C@@H](N)[C@H](O)c1ccccc1. The summed E-state index contributed by atoms with van der Waals surface area (Å²) in [6.07, 6.45) is 0.169. The third-order valence-electron chi connectivity index (χ3n) is 4.13. The van der Waals surface area contributed by atoms with Crippen molar-refractivity contribution < 1.29 is 9.84 Å². The minimum Gasteiger partial charge on any atom is -0.478 e. The largest absolute Gasteiger partial charge is 0.478 e. The van der Waals surface area contributed by atoms with E-state index in [1.807, 2.05) is 61.5 Å². The Morgan fingerprint density at radius 1 is 1.04 bits per heavy atom. The fraction of sp³-hybridized carbons (Fsp3) is 0.400. The quantitative estimate of drug-likeness (QED) is 0.732. The van der Waals surface area contributed by atoms with Crippen molar-refractivity contribution in [2.75, 3.05) is 20.8 Å². The maximum absolute atomic E-state index is 10.5. The highest BCUT2D eigenvalue weighted by molar-refractivity contribution is 5.28. The number of hydrogen-bond donors (Lipinski definition) is 2.